The molecule has 1 unspecified atom stereocenters. The van der Waals surface area contributed by atoms with E-state index in [9.17, 15) is 0 Å². The third-order valence-corrected chi connectivity index (χ3v) is 3.61. The number of aryl methyl sites for hydroxylation is 2. The predicted molar refractivity (Wildman–Crippen MR) is 85.7 cm³/mol. The molecule has 0 radical (unpaired) electrons. The predicted octanol–water partition coefficient (Wildman–Crippen LogP) is 2.12. The standard InChI is InChI=1S/C16H28N4O/c1-5-14-8-16(19-13(4)18-14)17-9-15-11-20(6-7-21-15)10-12(2)3/h8,12,15H,5-7,9-11H2,1-4H3,(H,17,18,19). The number of ether oxygens (including phenoxy) is 1. The summed E-state index contributed by atoms with van der Waals surface area (Å²) in [4.78, 5) is 11.3. The van der Waals surface area contributed by atoms with Crippen LogP contribution in [0.5, 0.6) is 0 Å². The van der Waals surface area contributed by atoms with Gasteiger partial charge in [-0.05, 0) is 19.3 Å². The highest BCUT2D eigenvalue weighted by molar-refractivity contribution is 5.36. The second-order valence-corrected chi connectivity index (χ2v) is 6.17. The number of aromatic nitrogens is 2. The quantitative estimate of drug-likeness (QED) is 0.870. The summed E-state index contributed by atoms with van der Waals surface area (Å²) in [6, 6.07) is 2.03. The molecule has 0 aromatic carbocycles. The van der Waals surface area contributed by atoms with Crippen LogP contribution in [0.3, 0.4) is 0 Å². The van der Waals surface area contributed by atoms with Gasteiger partial charge in [0.1, 0.15) is 11.6 Å². The monoisotopic (exact) mass is 292 g/mol. The van der Waals surface area contributed by atoms with E-state index in [4.69, 9.17) is 4.74 Å². The number of hydrogen-bond donors (Lipinski definition) is 1. The first-order chi connectivity index (χ1) is 10.1. The molecule has 1 aromatic rings. The maximum Gasteiger partial charge on any atom is 0.130 e. The number of morpholine rings is 1. The summed E-state index contributed by atoms with van der Waals surface area (Å²) < 4.78 is 5.85. The average Bonchev–Trinajstić information content (AvgIpc) is 2.44. The molecular formula is C16H28N4O. The van der Waals surface area contributed by atoms with Crippen LogP contribution in [0.4, 0.5) is 5.82 Å². The van der Waals surface area contributed by atoms with Gasteiger partial charge in [0.2, 0.25) is 0 Å². The Hall–Kier alpha value is -1.20. The first-order valence-electron chi connectivity index (χ1n) is 7.99. The van der Waals surface area contributed by atoms with Gasteiger partial charge in [0, 0.05) is 37.9 Å². The van der Waals surface area contributed by atoms with Gasteiger partial charge in [-0.3, -0.25) is 4.90 Å². The third kappa shape index (κ3) is 5.25. The lowest BCUT2D eigenvalue weighted by molar-refractivity contribution is -0.0244. The maximum atomic E-state index is 5.85. The van der Waals surface area contributed by atoms with Crippen molar-refractivity contribution in [3.05, 3.63) is 17.6 Å². The minimum absolute atomic E-state index is 0.234. The molecule has 5 heteroatoms. The first kappa shape index (κ1) is 16.2. The second kappa shape index (κ2) is 7.71. The van der Waals surface area contributed by atoms with Gasteiger partial charge in [0.05, 0.1) is 12.7 Å². The molecule has 1 aromatic heterocycles. The van der Waals surface area contributed by atoms with Crippen molar-refractivity contribution >= 4 is 5.82 Å². The second-order valence-electron chi connectivity index (χ2n) is 6.17. The molecule has 1 fully saturated rings. The van der Waals surface area contributed by atoms with Crippen molar-refractivity contribution < 1.29 is 4.74 Å². The van der Waals surface area contributed by atoms with Gasteiger partial charge in [-0.2, -0.15) is 0 Å². The van der Waals surface area contributed by atoms with E-state index >= 15 is 0 Å². The maximum absolute atomic E-state index is 5.85. The Balaban J connectivity index is 1.86. The van der Waals surface area contributed by atoms with Gasteiger partial charge in [-0.25, -0.2) is 9.97 Å². The normalized spacial score (nSPS) is 20.0. The summed E-state index contributed by atoms with van der Waals surface area (Å²) in [7, 11) is 0. The van der Waals surface area contributed by atoms with Crippen LogP contribution in [0.2, 0.25) is 0 Å². The van der Waals surface area contributed by atoms with E-state index in [2.05, 4.69) is 41.0 Å². The summed E-state index contributed by atoms with van der Waals surface area (Å²) in [5.41, 5.74) is 1.08. The Morgan fingerprint density at radius 3 is 2.95 bits per heavy atom. The Morgan fingerprint density at radius 1 is 1.43 bits per heavy atom. The lowest BCUT2D eigenvalue weighted by Crippen LogP contribution is -2.46. The molecule has 2 heterocycles. The topological polar surface area (TPSA) is 50.3 Å². The molecule has 0 bridgehead atoms. The number of hydrogen-bond acceptors (Lipinski definition) is 5. The van der Waals surface area contributed by atoms with Gasteiger partial charge < -0.3 is 10.1 Å². The smallest absolute Gasteiger partial charge is 0.130 e. The summed E-state index contributed by atoms with van der Waals surface area (Å²) in [6.45, 7) is 13.4. The number of anilines is 1. The van der Waals surface area contributed by atoms with Crippen LogP contribution in [-0.4, -0.2) is 53.8 Å². The largest absolute Gasteiger partial charge is 0.374 e. The van der Waals surface area contributed by atoms with Crippen LogP contribution in [0.25, 0.3) is 0 Å². The van der Waals surface area contributed by atoms with E-state index in [0.29, 0.717) is 5.92 Å². The summed E-state index contributed by atoms with van der Waals surface area (Å²) in [5.74, 6) is 2.43. The molecule has 1 aliphatic rings. The molecule has 1 atom stereocenters. The van der Waals surface area contributed by atoms with Crippen molar-refractivity contribution in [2.75, 3.05) is 38.1 Å². The van der Waals surface area contributed by atoms with Crippen molar-refractivity contribution in [1.29, 1.82) is 0 Å². The van der Waals surface area contributed by atoms with Crippen LogP contribution in [0.15, 0.2) is 6.07 Å². The van der Waals surface area contributed by atoms with Crippen molar-refractivity contribution in [3.8, 4) is 0 Å². The van der Waals surface area contributed by atoms with E-state index in [0.717, 1.165) is 56.5 Å². The summed E-state index contributed by atoms with van der Waals surface area (Å²) >= 11 is 0. The zero-order valence-electron chi connectivity index (χ0n) is 13.7. The Bertz CT molecular complexity index is 450. The molecule has 2 rings (SSSR count). The molecule has 1 saturated heterocycles. The molecule has 0 spiro atoms. The Morgan fingerprint density at radius 2 is 2.24 bits per heavy atom. The zero-order chi connectivity index (χ0) is 15.2. The van der Waals surface area contributed by atoms with Crippen LogP contribution in [0.1, 0.15) is 32.3 Å². The van der Waals surface area contributed by atoms with E-state index < -0.39 is 0 Å². The van der Waals surface area contributed by atoms with Crippen molar-refractivity contribution in [2.45, 2.75) is 40.2 Å². The molecule has 118 valence electrons. The van der Waals surface area contributed by atoms with Crippen LogP contribution in [-0.2, 0) is 11.2 Å². The fraction of sp³-hybridized carbons (Fsp3) is 0.750. The molecular weight excluding hydrogens is 264 g/mol. The number of nitrogens with zero attached hydrogens (tertiary/aromatic N) is 3. The van der Waals surface area contributed by atoms with E-state index in [-0.39, 0.29) is 6.10 Å². The molecule has 1 N–H and O–H groups in total. The van der Waals surface area contributed by atoms with Crippen LogP contribution in [0, 0.1) is 12.8 Å². The SMILES string of the molecule is CCc1cc(NCC2CN(CC(C)C)CCO2)nc(C)n1. The van der Waals surface area contributed by atoms with Crippen molar-refractivity contribution in [1.82, 2.24) is 14.9 Å². The minimum Gasteiger partial charge on any atom is -0.374 e. The Kier molecular flexibility index (Phi) is 5.94. The van der Waals surface area contributed by atoms with Gasteiger partial charge in [0.15, 0.2) is 0 Å². The summed E-state index contributed by atoms with van der Waals surface area (Å²) in [5, 5.41) is 3.40. The van der Waals surface area contributed by atoms with Crippen molar-refractivity contribution in [2.24, 2.45) is 5.92 Å². The van der Waals surface area contributed by atoms with Gasteiger partial charge in [0.25, 0.3) is 0 Å². The molecule has 0 aliphatic carbocycles. The van der Waals surface area contributed by atoms with E-state index in [1.807, 2.05) is 13.0 Å². The van der Waals surface area contributed by atoms with Gasteiger partial charge in [-0.1, -0.05) is 20.8 Å². The zero-order valence-corrected chi connectivity index (χ0v) is 13.7. The highest BCUT2D eigenvalue weighted by Gasteiger charge is 2.20. The number of nitrogens with one attached hydrogen (secondary N) is 1. The molecule has 1 aliphatic heterocycles. The highest BCUT2D eigenvalue weighted by atomic mass is 16.5. The number of rotatable bonds is 6. The van der Waals surface area contributed by atoms with Crippen LogP contribution < -0.4 is 5.32 Å². The molecule has 0 saturated carbocycles. The van der Waals surface area contributed by atoms with Crippen LogP contribution >= 0.6 is 0 Å². The molecule has 21 heavy (non-hydrogen) atoms. The fourth-order valence-corrected chi connectivity index (χ4v) is 2.71. The fourth-order valence-electron chi connectivity index (χ4n) is 2.71. The average molecular weight is 292 g/mol. The van der Waals surface area contributed by atoms with Gasteiger partial charge in [-0.15, -0.1) is 0 Å². The first-order valence-corrected chi connectivity index (χ1v) is 7.99. The summed E-state index contributed by atoms with van der Waals surface area (Å²) in [6.07, 6.45) is 1.16. The lowest BCUT2D eigenvalue weighted by Gasteiger charge is -2.34. The van der Waals surface area contributed by atoms with Gasteiger partial charge >= 0.3 is 0 Å². The molecule has 0 amide bonds. The van der Waals surface area contributed by atoms with E-state index in [1.54, 1.807) is 0 Å². The van der Waals surface area contributed by atoms with Crippen molar-refractivity contribution in [3.63, 3.8) is 0 Å². The molecule has 5 nitrogen and oxygen atoms in total. The highest BCUT2D eigenvalue weighted by Crippen LogP contribution is 2.11. The third-order valence-electron chi connectivity index (χ3n) is 3.61. The van der Waals surface area contributed by atoms with E-state index in [1.165, 1.54) is 0 Å². The minimum atomic E-state index is 0.234. The lowest BCUT2D eigenvalue weighted by atomic mass is 10.2. The Labute approximate surface area is 128 Å².